The molecule has 2 fully saturated rings. The molecule has 20 nitrogen and oxygen atoms in total. The van der Waals surface area contributed by atoms with Crippen molar-refractivity contribution in [2.75, 3.05) is 25.1 Å². The van der Waals surface area contributed by atoms with Crippen LogP contribution in [-0.2, 0) is 36.8 Å². The molecule has 50 heavy (non-hydrogen) atoms. The summed E-state index contributed by atoms with van der Waals surface area (Å²) in [5.74, 6) is -1.92. The molecule has 1 saturated carbocycles. The number of imidazole rings is 1. The Morgan fingerprint density at radius 1 is 1.32 bits per heavy atom. The Kier molecular flexibility index (Phi) is 12.4. The smallest absolute Gasteiger partial charge is 0.474 e. The third kappa shape index (κ3) is 8.93. The van der Waals surface area contributed by atoms with E-state index in [-0.39, 0.29) is 55.5 Å². The molecule has 1 aliphatic heterocycles. The molecule has 0 spiro atoms. The quantitative estimate of drug-likeness (QED) is 0.121. The van der Waals surface area contributed by atoms with Gasteiger partial charge in [0.25, 0.3) is 5.56 Å². The van der Waals surface area contributed by atoms with Gasteiger partial charge in [0.1, 0.15) is 24.6 Å². The van der Waals surface area contributed by atoms with Crippen molar-refractivity contribution >= 4 is 39.1 Å². The molecule has 1 saturated heterocycles. The van der Waals surface area contributed by atoms with E-state index in [1.54, 1.807) is 26.8 Å². The minimum Gasteiger partial charge on any atom is -0.474 e. The molecule has 0 radical (unpaired) electrons. The van der Waals surface area contributed by atoms with Gasteiger partial charge in [-0.3, -0.25) is 38.0 Å². The van der Waals surface area contributed by atoms with Gasteiger partial charge in [-0.1, -0.05) is 20.8 Å². The Morgan fingerprint density at radius 2 is 2.12 bits per heavy atom. The number of nitriles is 1. The number of hydrogen-bond acceptors (Lipinski definition) is 16. The number of nitrogens with zero attached hydrogens (tertiary/aromatic N) is 6. The lowest BCUT2D eigenvalue weighted by Gasteiger charge is -2.27. The number of carbonyl (C=O) groups is 1. The zero-order chi connectivity index (χ0) is 36.0. The summed E-state index contributed by atoms with van der Waals surface area (Å²) < 4.78 is 61.9. The molecule has 2 unspecified atom stereocenters. The van der Waals surface area contributed by atoms with Crippen LogP contribution < -0.4 is 15.6 Å². The number of phosphoric acid groups is 1. The normalized spacial score (nSPS) is 26.5. The molecule has 5 rings (SSSR count). The molecule has 270 valence electrons. The Morgan fingerprint density at radius 3 is 2.80 bits per heavy atom. The highest BCUT2D eigenvalue weighted by molar-refractivity contribution is 7.48. The van der Waals surface area contributed by atoms with Crippen LogP contribution in [0.3, 0.4) is 0 Å². The van der Waals surface area contributed by atoms with E-state index >= 15 is 0 Å². The van der Waals surface area contributed by atoms with Crippen molar-refractivity contribution in [3.8, 4) is 11.9 Å². The van der Waals surface area contributed by atoms with Crippen molar-refractivity contribution < 1.29 is 51.5 Å². The van der Waals surface area contributed by atoms with Crippen molar-refractivity contribution in [3.63, 3.8) is 0 Å². The summed E-state index contributed by atoms with van der Waals surface area (Å²) in [6.07, 6.45) is -0.186. The molecule has 22 heteroatoms. The molecule has 2 aliphatic rings. The van der Waals surface area contributed by atoms with Crippen molar-refractivity contribution in [2.45, 2.75) is 70.7 Å². The fraction of sp³-hybridized carbons (Fsp3) is 0.607. The number of aliphatic hydroxyl groups excluding tert-OH is 1. The van der Waals surface area contributed by atoms with E-state index in [1.807, 2.05) is 6.07 Å². The molecule has 3 aromatic rings. The lowest BCUT2D eigenvalue weighted by atomic mass is 10.0. The number of hydrogen-bond donors (Lipinski definition) is 4. The van der Waals surface area contributed by atoms with Crippen molar-refractivity contribution in [2.24, 2.45) is 17.8 Å². The number of anilines is 1. The van der Waals surface area contributed by atoms with Gasteiger partial charge in [0.05, 0.1) is 44.7 Å². The number of carbonyl (C=O) groups excluding carboxylic acids is 1. The van der Waals surface area contributed by atoms with E-state index in [2.05, 4.69) is 30.2 Å². The van der Waals surface area contributed by atoms with Gasteiger partial charge in [0.2, 0.25) is 17.7 Å². The van der Waals surface area contributed by atoms with Crippen LogP contribution in [0, 0.1) is 29.1 Å². The van der Waals surface area contributed by atoms with Gasteiger partial charge >= 0.3 is 16.1 Å². The summed E-state index contributed by atoms with van der Waals surface area (Å²) in [5, 5.41) is 21.8. The third-order valence-corrected chi connectivity index (χ3v) is 10.1. The Balaban J connectivity index is 1.40. The first kappa shape index (κ1) is 37.5. The Bertz CT molecular complexity index is 1800. The molecule has 4 heterocycles. The zero-order valence-corrected chi connectivity index (χ0v) is 29.0. The Labute approximate surface area is 286 Å². The maximum Gasteiger partial charge on any atom is 0.695 e. The second-order valence-electron chi connectivity index (χ2n) is 11.9. The van der Waals surface area contributed by atoms with E-state index in [9.17, 15) is 28.7 Å². The van der Waals surface area contributed by atoms with Gasteiger partial charge in [-0.15, -0.1) is 9.42 Å². The van der Waals surface area contributed by atoms with Crippen LogP contribution in [0.2, 0.25) is 0 Å². The van der Waals surface area contributed by atoms with Gasteiger partial charge < -0.3 is 14.6 Å². The monoisotopic (exact) mass is 739 g/mol. The summed E-state index contributed by atoms with van der Waals surface area (Å²) in [5.41, 5.74) is -0.742. The summed E-state index contributed by atoms with van der Waals surface area (Å²) in [6, 6.07) is 3.44. The topological polar surface area (TPSA) is 272 Å². The van der Waals surface area contributed by atoms with E-state index in [4.69, 9.17) is 32.8 Å². The number of amides is 1. The van der Waals surface area contributed by atoms with Gasteiger partial charge in [-0.05, 0) is 6.42 Å². The second-order valence-corrected chi connectivity index (χ2v) is 14.3. The van der Waals surface area contributed by atoms with Crippen molar-refractivity contribution in [1.82, 2.24) is 29.5 Å². The molecule has 1 aliphatic carbocycles. The van der Waals surface area contributed by atoms with Crippen LogP contribution in [0.15, 0.2) is 29.7 Å². The zero-order valence-electron chi connectivity index (χ0n) is 27.2. The molecule has 0 bridgehead atoms. The first-order valence-electron chi connectivity index (χ1n) is 15.6. The molecule has 9 atom stereocenters. The van der Waals surface area contributed by atoms with Crippen LogP contribution >= 0.6 is 16.1 Å². The van der Waals surface area contributed by atoms with Crippen molar-refractivity contribution in [3.05, 3.63) is 35.3 Å². The molecular formula is C28H37N8O12P2+. The summed E-state index contributed by atoms with van der Waals surface area (Å²) in [4.78, 5) is 53.5. The number of rotatable bonds is 16. The van der Waals surface area contributed by atoms with Crippen molar-refractivity contribution in [1.29, 1.82) is 5.26 Å². The van der Waals surface area contributed by atoms with Crippen LogP contribution in [0.25, 0.3) is 11.2 Å². The number of phosphoric ester groups is 1. The largest absolute Gasteiger partial charge is 0.695 e. The number of H-pyrrole nitrogens is 1. The first-order chi connectivity index (χ1) is 23.9. The highest BCUT2D eigenvalue weighted by Gasteiger charge is 2.50. The van der Waals surface area contributed by atoms with E-state index in [1.165, 1.54) is 23.4 Å². The summed E-state index contributed by atoms with van der Waals surface area (Å²) >= 11 is 0. The average molecular weight is 740 g/mol. The summed E-state index contributed by atoms with van der Waals surface area (Å²) in [6.45, 7) is 3.89. The minimum absolute atomic E-state index is 0.00265. The van der Waals surface area contributed by atoms with Gasteiger partial charge in [0.15, 0.2) is 17.4 Å². The highest BCUT2D eigenvalue weighted by atomic mass is 31.2. The van der Waals surface area contributed by atoms with E-state index in [0.717, 1.165) is 0 Å². The molecule has 1 amide bonds. The van der Waals surface area contributed by atoms with Gasteiger partial charge in [0, 0.05) is 41.0 Å². The maximum absolute atomic E-state index is 14.3. The number of ether oxygens (including phenoxy) is 2. The minimum atomic E-state index is -4.56. The molecule has 3 aromatic heterocycles. The number of fused-ring (bicyclic) bond motifs is 1. The maximum atomic E-state index is 14.3. The van der Waals surface area contributed by atoms with Crippen LogP contribution in [0.1, 0.15) is 46.3 Å². The predicted octanol–water partition coefficient (Wildman–Crippen LogP) is 2.36. The van der Waals surface area contributed by atoms with E-state index < -0.39 is 82.5 Å². The predicted molar refractivity (Wildman–Crippen MR) is 170 cm³/mol. The third-order valence-electron chi connectivity index (χ3n) is 8.17. The second kappa shape index (κ2) is 16.5. The number of aromatic nitrogens is 6. The lowest BCUT2D eigenvalue weighted by molar-refractivity contribution is -0.118. The number of nitrogens with one attached hydrogen (secondary N) is 2. The first-order valence-corrected chi connectivity index (χ1v) is 18.2. The van der Waals surface area contributed by atoms with Gasteiger partial charge in [-0.25, -0.2) is 19.5 Å². The SMILES string of the molecule is CC(C)C(=O)Nc1nc2c(ncn2[C@@H]2O[C@H](CO)[C@@H](C)[C@H]2OP(=O)(OCCC#N)OC[C@H]2C[C@@H](Oc3ccncn3)C[C@@H]2O[P+](=O)O)c(=O)[nH]1. The standard InChI is InChI=1S/C28H36N8O12P2/c1-15(2)25(38)34-28-33-24-22(26(39)35-28)32-14-36(24)27-23(16(3)20(11-37)46-27)48-50(42,43-8-4-6-29)44-12-17-9-18(10-19(17)47-49(40)41)45-21-5-7-30-13-31-21/h5,7,13-20,23,27,37H,4,8-12H2,1-3H3,(H2-,33,34,35,38,39,40,41)/p+1/t16-,17-,18-,19+,20-,23-,27-,50?/m1/s1. The fourth-order valence-corrected chi connectivity index (χ4v) is 7.54. The van der Waals surface area contributed by atoms with Crippen LogP contribution in [0.4, 0.5) is 5.95 Å². The molecule has 4 N–H and O–H groups in total. The van der Waals surface area contributed by atoms with Crippen LogP contribution in [0.5, 0.6) is 5.88 Å². The van der Waals surface area contributed by atoms with E-state index in [0.29, 0.717) is 0 Å². The number of aliphatic hydroxyl groups is 1. The van der Waals surface area contributed by atoms with Crippen LogP contribution in [-0.4, -0.2) is 89.6 Å². The Hall–Kier alpha value is -3.76. The fourth-order valence-electron chi connectivity index (χ4n) is 5.58. The molecule has 0 aromatic carbocycles. The number of aromatic amines is 1. The summed E-state index contributed by atoms with van der Waals surface area (Å²) in [7, 11) is -7.57. The molecular weight excluding hydrogens is 702 g/mol. The van der Waals surface area contributed by atoms with Gasteiger partial charge in [-0.2, -0.15) is 10.2 Å². The average Bonchev–Trinajstić information content (AvgIpc) is 3.75. The lowest BCUT2D eigenvalue weighted by Crippen LogP contribution is -2.29. The highest BCUT2D eigenvalue weighted by Crippen LogP contribution is 2.56.